The van der Waals surface area contributed by atoms with Crippen LogP contribution in [0.3, 0.4) is 0 Å². The van der Waals surface area contributed by atoms with E-state index in [1.807, 2.05) is 6.92 Å². The number of carbonyl (C=O) groups is 1. The molecular formula is C8H16FNO4S. The third-order valence-corrected chi connectivity index (χ3v) is 2.88. The van der Waals surface area contributed by atoms with E-state index in [0.29, 0.717) is 12.8 Å². The number of ether oxygens (including phenoxy) is 1. The van der Waals surface area contributed by atoms with E-state index in [1.165, 1.54) is 6.92 Å². The van der Waals surface area contributed by atoms with E-state index >= 15 is 0 Å². The van der Waals surface area contributed by atoms with Crippen LogP contribution in [0.15, 0.2) is 0 Å². The Labute approximate surface area is 89.0 Å². The van der Waals surface area contributed by atoms with Crippen LogP contribution in [0.4, 0.5) is 4.39 Å². The molecule has 0 aromatic heterocycles. The molecule has 7 heteroatoms. The van der Waals surface area contributed by atoms with Gasteiger partial charge in [0.15, 0.2) is 0 Å². The van der Waals surface area contributed by atoms with Crippen LogP contribution in [0.2, 0.25) is 0 Å². The van der Waals surface area contributed by atoms with Gasteiger partial charge in [-0.2, -0.15) is 0 Å². The van der Waals surface area contributed by atoms with Gasteiger partial charge in [-0.1, -0.05) is 13.3 Å². The molecule has 0 aliphatic carbocycles. The molecule has 1 N–H and O–H groups in total. The van der Waals surface area contributed by atoms with E-state index in [-0.39, 0.29) is 12.4 Å². The minimum absolute atomic E-state index is 0.00357. The smallest absolute Gasteiger partial charge is 0.295 e. The minimum Gasteiger partial charge on any atom is -0.341 e. The zero-order chi connectivity index (χ0) is 11.9. The van der Waals surface area contributed by atoms with E-state index in [2.05, 4.69) is 4.74 Å². The summed E-state index contributed by atoms with van der Waals surface area (Å²) in [5.74, 6) is -1.46. The molecule has 0 aliphatic heterocycles. The predicted octanol–water partition coefficient (Wildman–Crippen LogP) is 0.565. The lowest BCUT2D eigenvalue weighted by Gasteiger charge is -2.09. The van der Waals surface area contributed by atoms with E-state index in [1.54, 1.807) is 4.72 Å². The van der Waals surface area contributed by atoms with Gasteiger partial charge in [-0.25, -0.2) is 17.5 Å². The highest BCUT2D eigenvalue weighted by Gasteiger charge is 2.22. The Hall–Kier alpha value is -0.690. The molecule has 1 amide bonds. The number of sulfonamides is 1. The molecular weight excluding hydrogens is 225 g/mol. The van der Waals surface area contributed by atoms with Gasteiger partial charge in [0, 0.05) is 6.61 Å². The van der Waals surface area contributed by atoms with Crippen LogP contribution in [-0.2, 0) is 19.6 Å². The second kappa shape index (κ2) is 6.73. The van der Waals surface area contributed by atoms with Crippen LogP contribution in [0, 0.1) is 0 Å². The molecule has 0 bridgehead atoms. The molecule has 0 radical (unpaired) electrons. The number of unbranched alkanes of at least 4 members (excludes halogenated alkanes) is 1. The van der Waals surface area contributed by atoms with Crippen molar-refractivity contribution in [2.45, 2.75) is 33.0 Å². The average Bonchev–Trinajstić information content (AvgIpc) is 2.14. The third-order valence-electron chi connectivity index (χ3n) is 1.54. The van der Waals surface area contributed by atoms with Gasteiger partial charge in [-0.05, 0) is 13.3 Å². The third kappa shape index (κ3) is 6.40. The molecule has 0 saturated heterocycles. The first-order valence-corrected chi connectivity index (χ1v) is 6.38. The van der Waals surface area contributed by atoms with Gasteiger partial charge in [0.2, 0.25) is 10.0 Å². The van der Waals surface area contributed by atoms with Crippen molar-refractivity contribution in [1.82, 2.24) is 4.72 Å². The Balaban J connectivity index is 4.15. The summed E-state index contributed by atoms with van der Waals surface area (Å²) in [5.41, 5.74) is 0. The lowest BCUT2D eigenvalue weighted by atomic mass is 10.4. The molecule has 0 aromatic rings. The molecule has 0 spiro atoms. The molecule has 0 aromatic carbocycles. The lowest BCUT2D eigenvalue weighted by Crippen LogP contribution is -2.39. The molecule has 5 nitrogen and oxygen atoms in total. The van der Waals surface area contributed by atoms with Crippen molar-refractivity contribution >= 4 is 15.9 Å². The monoisotopic (exact) mass is 241 g/mol. The molecule has 0 fully saturated rings. The molecule has 1 unspecified atom stereocenters. The largest absolute Gasteiger partial charge is 0.341 e. The first-order valence-electron chi connectivity index (χ1n) is 4.73. The van der Waals surface area contributed by atoms with Crippen molar-refractivity contribution in [1.29, 1.82) is 0 Å². The topological polar surface area (TPSA) is 72.5 Å². The van der Waals surface area contributed by atoms with Crippen LogP contribution in [0.5, 0.6) is 0 Å². The molecule has 0 saturated carbocycles. The van der Waals surface area contributed by atoms with E-state index in [0.717, 1.165) is 0 Å². The molecule has 0 rings (SSSR count). The van der Waals surface area contributed by atoms with Gasteiger partial charge >= 0.3 is 0 Å². The first-order chi connectivity index (χ1) is 6.93. The van der Waals surface area contributed by atoms with E-state index in [4.69, 9.17) is 0 Å². The fraction of sp³-hybridized carbons (Fsp3) is 0.875. The highest BCUT2D eigenvalue weighted by molar-refractivity contribution is 7.90. The predicted molar refractivity (Wildman–Crippen MR) is 53.4 cm³/mol. The summed E-state index contributed by atoms with van der Waals surface area (Å²) >= 11 is 0. The SMILES string of the molecule is CCCCS(=O)(=O)NC(=O)C(F)OCC. The fourth-order valence-corrected chi connectivity index (χ4v) is 1.98. The lowest BCUT2D eigenvalue weighted by molar-refractivity contribution is -0.142. The van der Waals surface area contributed by atoms with Gasteiger partial charge < -0.3 is 4.74 Å². The number of halogens is 1. The second-order valence-electron chi connectivity index (χ2n) is 2.91. The van der Waals surface area contributed by atoms with Gasteiger partial charge in [0.05, 0.1) is 5.75 Å². The molecule has 90 valence electrons. The molecule has 1 atom stereocenters. The number of amides is 1. The normalized spacial score (nSPS) is 13.5. The van der Waals surface area contributed by atoms with Crippen LogP contribution < -0.4 is 4.72 Å². The number of hydrogen-bond acceptors (Lipinski definition) is 4. The maximum Gasteiger partial charge on any atom is 0.295 e. The number of nitrogens with one attached hydrogen (secondary N) is 1. The van der Waals surface area contributed by atoms with Crippen molar-refractivity contribution in [3.05, 3.63) is 0 Å². The summed E-state index contributed by atoms with van der Waals surface area (Å²) in [6.07, 6.45) is -1.13. The standard InChI is InChI=1S/C8H16FNO4S/c1-3-5-6-15(12,13)10-8(11)7(9)14-4-2/h7H,3-6H2,1-2H3,(H,10,11). The number of carbonyl (C=O) groups excluding carboxylic acids is 1. The summed E-state index contributed by atoms with van der Waals surface area (Å²) in [6.45, 7) is 3.32. The number of alkyl halides is 1. The summed E-state index contributed by atoms with van der Waals surface area (Å²) in [7, 11) is -3.73. The number of rotatable bonds is 7. The summed E-state index contributed by atoms with van der Waals surface area (Å²) in [6, 6.07) is 0. The Morgan fingerprint density at radius 1 is 1.47 bits per heavy atom. The molecule has 0 aliphatic rings. The average molecular weight is 241 g/mol. The van der Waals surface area contributed by atoms with Crippen molar-refractivity contribution < 1.29 is 22.3 Å². The first kappa shape index (κ1) is 14.3. The highest BCUT2D eigenvalue weighted by Crippen LogP contribution is 1.98. The van der Waals surface area contributed by atoms with Gasteiger partial charge in [-0.15, -0.1) is 0 Å². The highest BCUT2D eigenvalue weighted by atomic mass is 32.2. The number of hydrogen-bond donors (Lipinski definition) is 1. The summed E-state index contributed by atoms with van der Waals surface area (Å²) in [4.78, 5) is 10.9. The van der Waals surface area contributed by atoms with E-state index < -0.39 is 22.3 Å². The summed E-state index contributed by atoms with van der Waals surface area (Å²) in [5, 5.41) is 0. The Bertz CT molecular complexity index is 291. The van der Waals surface area contributed by atoms with Gasteiger partial charge in [0.1, 0.15) is 0 Å². The quantitative estimate of drug-likeness (QED) is 0.707. The maximum atomic E-state index is 12.8. The Kier molecular flexibility index (Phi) is 6.42. The molecule has 0 heterocycles. The minimum atomic E-state index is -3.73. The zero-order valence-electron chi connectivity index (χ0n) is 8.82. The van der Waals surface area contributed by atoms with E-state index in [9.17, 15) is 17.6 Å². The van der Waals surface area contributed by atoms with Gasteiger partial charge in [0.25, 0.3) is 12.3 Å². The second-order valence-corrected chi connectivity index (χ2v) is 4.75. The van der Waals surface area contributed by atoms with Gasteiger partial charge in [-0.3, -0.25) is 4.79 Å². The van der Waals surface area contributed by atoms with Crippen LogP contribution in [0.1, 0.15) is 26.7 Å². The van der Waals surface area contributed by atoms with Crippen molar-refractivity contribution in [3.8, 4) is 0 Å². The zero-order valence-corrected chi connectivity index (χ0v) is 9.64. The Morgan fingerprint density at radius 3 is 2.53 bits per heavy atom. The summed E-state index contributed by atoms with van der Waals surface area (Å²) < 4.78 is 41.0. The Morgan fingerprint density at radius 2 is 2.07 bits per heavy atom. The maximum absolute atomic E-state index is 12.8. The molecule has 15 heavy (non-hydrogen) atoms. The van der Waals surface area contributed by atoms with Crippen LogP contribution in [-0.4, -0.2) is 33.0 Å². The van der Waals surface area contributed by atoms with Crippen molar-refractivity contribution in [2.24, 2.45) is 0 Å². The van der Waals surface area contributed by atoms with Crippen molar-refractivity contribution in [2.75, 3.05) is 12.4 Å². The van der Waals surface area contributed by atoms with Crippen molar-refractivity contribution in [3.63, 3.8) is 0 Å². The van der Waals surface area contributed by atoms with Crippen LogP contribution >= 0.6 is 0 Å². The van der Waals surface area contributed by atoms with Crippen LogP contribution in [0.25, 0.3) is 0 Å². The fourth-order valence-electron chi connectivity index (χ4n) is 0.807.